The summed E-state index contributed by atoms with van der Waals surface area (Å²) in [5.74, 6) is 0.583. The van der Waals surface area contributed by atoms with E-state index in [9.17, 15) is 4.79 Å². The topological polar surface area (TPSA) is 108 Å². The highest BCUT2D eigenvalue weighted by atomic mass is 16.3. The first kappa shape index (κ1) is 20.3. The lowest BCUT2D eigenvalue weighted by atomic mass is 9.91. The van der Waals surface area contributed by atoms with Crippen LogP contribution in [0.15, 0.2) is 59.5 Å². The number of nitrogens with two attached hydrogens (primary N) is 1. The first-order valence-corrected chi connectivity index (χ1v) is 10.9. The zero-order valence-corrected chi connectivity index (χ0v) is 18.1. The minimum Gasteiger partial charge on any atom is -0.394 e. The Kier molecular flexibility index (Phi) is 4.94. The lowest BCUT2D eigenvalue weighted by Gasteiger charge is -2.15. The molecule has 0 amide bonds. The van der Waals surface area contributed by atoms with Crippen molar-refractivity contribution in [2.75, 3.05) is 5.73 Å². The summed E-state index contributed by atoms with van der Waals surface area (Å²) in [5.41, 5.74) is 11.2. The lowest BCUT2D eigenvalue weighted by molar-refractivity contribution is 0.216. The first-order valence-electron chi connectivity index (χ1n) is 10.9. The molecule has 6 rings (SSSR count). The Bertz CT molecular complexity index is 1510. The number of nitrogens with one attached hydrogen (secondary N) is 2. The highest BCUT2D eigenvalue weighted by Gasteiger charge is 2.27. The van der Waals surface area contributed by atoms with Crippen molar-refractivity contribution in [2.24, 2.45) is 0 Å². The zero-order valence-electron chi connectivity index (χ0n) is 18.1. The van der Waals surface area contributed by atoms with E-state index >= 15 is 0 Å². The molecule has 1 saturated carbocycles. The number of aliphatic hydroxyl groups excluding tert-OH is 1. The highest BCUT2D eigenvalue weighted by molar-refractivity contribution is 6.15. The van der Waals surface area contributed by atoms with Crippen molar-refractivity contribution >= 4 is 38.3 Å². The molecular weight excluding hydrogens is 400 g/mol. The van der Waals surface area contributed by atoms with Crippen LogP contribution in [0.2, 0.25) is 0 Å². The molecule has 162 valence electrons. The van der Waals surface area contributed by atoms with Gasteiger partial charge in [0.1, 0.15) is 5.69 Å². The summed E-state index contributed by atoms with van der Waals surface area (Å²) in [6.07, 6.45) is 4.04. The van der Waals surface area contributed by atoms with E-state index < -0.39 is 0 Å². The molecule has 3 aromatic carbocycles. The smallest absolute Gasteiger partial charge is 0.272 e. The van der Waals surface area contributed by atoms with Crippen molar-refractivity contribution < 1.29 is 5.11 Å². The molecule has 5 N–H and O–H groups in total. The van der Waals surface area contributed by atoms with Gasteiger partial charge in [-0.25, -0.2) is 0 Å². The number of fused-ring (bicyclic) bond motifs is 4. The van der Waals surface area contributed by atoms with Gasteiger partial charge in [-0.1, -0.05) is 36.4 Å². The van der Waals surface area contributed by atoms with Gasteiger partial charge in [-0.15, -0.1) is 0 Å². The SMILES string of the molecule is CC(C)O.Nc1c(-c2cccc3[nH]ncc23)c2cc(C3CC3)c3ccccc3c2[nH]c1=O. The maximum atomic E-state index is 12.8. The molecule has 0 bridgehead atoms. The van der Waals surface area contributed by atoms with Crippen LogP contribution in [-0.4, -0.2) is 26.4 Å². The van der Waals surface area contributed by atoms with Gasteiger partial charge < -0.3 is 15.8 Å². The van der Waals surface area contributed by atoms with Gasteiger partial charge in [0.2, 0.25) is 0 Å². The van der Waals surface area contributed by atoms with Crippen LogP contribution in [0.3, 0.4) is 0 Å². The van der Waals surface area contributed by atoms with E-state index in [-0.39, 0.29) is 17.4 Å². The van der Waals surface area contributed by atoms with Gasteiger partial charge in [-0.2, -0.15) is 5.10 Å². The fraction of sp³-hybridized carbons (Fsp3) is 0.231. The number of nitrogen functional groups attached to an aromatic ring is 1. The predicted molar refractivity (Wildman–Crippen MR) is 131 cm³/mol. The van der Waals surface area contributed by atoms with Crippen LogP contribution in [0, 0.1) is 0 Å². The number of hydrogen-bond donors (Lipinski definition) is 4. The zero-order chi connectivity index (χ0) is 22.4. The molecule has 1 aliphatic carbocycles. The molecule has 5 aromatic rings. The molecule has 2 aromatic heterocycles. The van der Waals surface area contributed by atoms with Crippen LogP contribution in [0.4, 0.5) is 5.69 Å². The highest BCUT2D eigenvalue weighted by Crippen LogP contribution is 2.46. The Hall–Kier alpha value is -3.64. The lowest BCUT2D eigenvalue weighted by Crippen LogP contribution is -2.14. The normalized spacial score (nSPS) is 13.6. The van der Waals surface area contributed by atoms with E-state index in [2.05, 4.69) is 39.4 Å². The molecule has 1 aliphatic rings. The van der Waals surface area contributed by atoms with E-state index in [1.807, 2.05) is 24.3 Å². The maximum Gasteiger partial charge on any atom is 0.272 e. The van der Waals surface area contributed by atoms with Crippen molar-refractivity contribution in [1.82, 2.24) is 15.2 Å². The number of aromatic nitrogens is 3. The van der Waals surface area contributed by atoms with Crippen LogP contribution < -0.4 is 11.3 Å². The number of pyridine rings is 1. The fourth-order valence-corrected chi connectivity index (χ4v) is 4.38. The molecule has 0 unspecified atom stereocenters. The van der Waals surface area contributed by atoms with E-state index in [4.69, 9.17) is 10.8 Å². The second kappa shape index (κ2) is 7.80. The second-order valence-corrected chi connectivity index (χ2v) is 8.68. The minimum absolute atomic E-state index is 0.167. The molecule has 0 spiro atoms. The summed E-state index contributed by atoms with van der Waals surface area (Å²) in [5, 5.41) is 19.5. The summed E-state index contributed by atoms with van der Waals surface area (Å²) >= 11 is 0. The quantitative estimate of drug-likeness (QED) is 0.296. The van der Waals surface area contributed by atoms with E-state index in [0.717, 1.165) is 38.3 Å². The largest absolute Gasteiger partial charge is 0.394 e. The summed E-state index contributed by atoms with van der Waals surface area (Å²) in [6.45, 7) is 3.44. The molecule has 6 nitrogen and oxygen atoms in total. The van der Waals surface area contributed by atoms with E-state index in [1.165, 1.54) is 23.8 Å². The van der Waals surface area contributed by atoms with Gasteiger partial charge in [-0.05, 0) is 61.3 Å². The monoisotopic (exact) mass is 426 g/mol. The third kappa shape index (κ3) is 3.42. The third-order valence-electron chi connectivity index (χ3n) is 5.87. The Morgan fingerprint density at radius 1 is 1.03 bits per heavy atom. The van der Waals surface area contributed by atoms with Crippen molar-refractivity contribution in [1.29, 1.82) is 0 Å². The van der Waals surface area contributed by atoms with E-state index in [0.29, 0.717) is 5.92 Å². The Labute approximate surface area is 185 Å². The average Bonchev–Trinajstić information content (AvgIpc) is 3.50. The van der Waals surface area contributed by atoms with Crippen molar-refractivity contribution in [3.8, 4) is 11.1 Å². The average molecular weight is 427 g/mol. The van der Waals surface area contributed by atoms with Crippen LogP contribution in [0.5, 0.6) is 0 Å². The summed E-state index contributed by atoms with van der Waals surface area (Å²) in [7, 11) is 0. The molecule has 0 atom stereocenters. The van der Waals surface area contributed by atoms with Crippen molar-refractivity contribution in [3.05, 3.63) is 70.6 Å². The van der Waals surface area contributed by atoms with Gasteiger partial charge in [0, 0.05) is 27.8 Å². The Balaban J connectivity index is 0.000000501. The molecule has 0 saturated heterocycles. The fourth-order valence-electron chi connectivity index (χ4n) is 4.38. The van der Waals surface area contributed by atoms with Gasteiger partial charge in [0.05, 0.1) is 17.2 Å². The standard InChI is InChI=1S/C23H18N4O.C3H8O/c24-21-20(14-6-3-7-19-18(14)11-25-27-19)17-10-16(12-8-9-12)13-4-1-2-5-15(13)22(17)26-23(21)28;1-3(2)4/h1-7,10-12H,8-9,24H2,(H,25,27)(H,26,28);3-4H,1-2H3. The van der Waals surface area contributed by atoms with Crippen LogP contribution in [-0.2, 0) is 0 Å². The van der Waals surface area contributed by atoms with Crippen molar-refractivity contribution in [3.63, 3.8) is 0 Å². The number of hydrogen-bond acceptors (Lipinski definition) is 4. The number of rotatable bonds is 2. The summed E-state index contributed by atoms with van der Waals surface area (Å²) < 4.78 is 0. The molecule has 0 aliphatic heterocycles. The van der Waals surface area contributed by atoms with Gasteiger partial charge in [-0.3, -0.25) is 9.89 Å². The van der Waals surface area contributed by atoms with Crippen LogP contribution >= 0.6 is 0 Å². The summed E-state index contributed by atoms with van der Waals surface area (Å²) in [4.78, 5) is 15.8. The number of H-pyrrole nitrogens is 2. The molecule has 2 heterocycles. The van der Waals surface area contributed by atoms with E-state index in [1.54, 1.807) is 20.0 Å². The minimum atomic E-state index is -0.257. The van der Waals surface area contributed by atoms with Gasteiger partial charge in [0.15, 0.2) is 0 Å². The Morgan fingerprint density at radius 3 is 2.47 bits per heavy atom. The molecule has 6 heteroatoms. The number of aliphatic hydroxyl groups is 1. The second-order valence-electron chi connectivity index (χ2n) is 8.68. The van der Waals surface area contributed by atoms with Gasteiger partial charge in [0.25, 0.3) is 5.56 Å². The molecular formula is C26H26N4O2. The number of anilines is 1. The van der Waals surface area contributed by atoms with Crippen LogP contribution in [0.25, 0.3) is 43.7 Å². The number of benzene rings is 3. The summed E-state index contributed by atoms with van der Waals surface area (Å²) in [6, 6.07) is 16.5. The van der Waals surface area contributed by atoms with Gasteiger partial charge >= 0.3 is 0 Å². The van der Waals surface area contributed by atoms with Crippen LogP contribution in [0.1, 0.15) is 38.2 Å². The Morgan fingerprint density at radius 2 is 1.75 bits per heavy atom. The maximum absolute atomic E-state index is 12.8. The number of nitrogens with zero attached hydrogens (tertiary/aromatic N) is 1. The number of aromatic amines is 2. The predicted octanol–water partition coefficient (Wildman–Crippen LogP) is 5.07. The molecule has 1 fully saturated rings. The molecule has 0 radical (unpaired) electrons. The third-order valence-corrected chi connectivity index (χ3v) is 5.87. The molecule has 32 heavy (non-hydrogen) atoms. The first-order chi connectivity index (χ1) is 15.5. The van der Waals surface area contributed by atoms with Crippen molar-refractivity contribution in [2.45, 2.75) is 38.7 Å².